The normalized spacial score (nSPS) is 12.8. The third-order valence-electron chi connectivity index (χ3n) is 3.69. The number of para-hydroxylation sites is 1. The van der Waals surface area contributed by atoms with Crippen molar-refractivity contribution < 1.29 is 14.7 Å². The fraction of sp³-hybridized carbons (Fsp3) is 0.421. The van der Waals surface area contributed by atoms with Gasteiger partial charge in [-0.15, -0.1) is 0 Å². The lowest BCUT2D eigenvalue weighted by Crippen LogP contribution is -2.41. The Morgan fingerprint density at radius 2 is 2.00 bits per heavy atom. The summed E-state index contributed by atoms with van der Waals surface area (Å²) in [6.07, 6.45) is 3.46. The van der Waals surface area contributed by atoms with Gasteiger partial charge in [0, 0.05) is 11.9 Å². The van der Waals surface area contributed by atoms with E-state index in [4.69, 9.17) is 0 Å². The number of carboxylic acids is 1. The molecule has 0 bridgehead atoms. The highest BCUT2D eigenvalue weighted by molar-refractivity contribution is 7.98. The van der Waals surface area contributed by atoms with Crippen LogP contribution in [0.1, 0.15) is 32.8 Å². The first-order valence-electron chi connectivity index (χ1n) is 8.19. The number of anilines is 1. The number of hydrogen-bond donors (Lipinski definition) is 3. The van der Waals surface area contributed by atoms with Crippen molar-refractivity contribution in [1.82, 2.24) is 5.32 Å². The van der Waals surface area contributed by atoms with Gasteiger partial charge in [0.25, 0.3) is 5.91 Å². The van der Waals surface area contributed by atoms with Crippen molar-refractivity contribution in [2.45, 2.75) is 38.6 Å². The Hall–Kier alpha value is -2.46. The summed E-state index contributed by atoms with van der Waals surface area (Å²) in [5, 5.41) is 23.9. The molecule has 1 atom stereocenters. The van der Waals surface area contributed by atoms with Crippen LogP contribution < -0.4 is 10.6 Å². The Kier molecular flexibility index (Phi) is 8.20. The molecule has 1 aromatic carbocycles. The first-order valence-corrected chi connectivity index (χ1v) is 9.59. The van der Waals surface area contributed by atoms with Crippen LogP contribution in [0.25, 0.3) is 0 Å². The van der Waals surface area contributed by atoms with E-state index in [1.807, 2.05) is 36.6 Å². The molecule has 7 heteroatoms. The molecule has 0 aliphatic heterocycles. The Morgan fingerprint density at radius 1 is 1.35 bits per heavy atom. The predicted molar refractivity (Wildman–Crippen MR) is 105 cm³/mol. The first kappa shape index (κ1) is 21.6. The number of benzene rings is 1. The molecule has 0 aromatic heterocycles. The Morgan fingerprint density at radius 3 is 2.54 bits per heavy atom. The smallest absolute Gasteiger partial charge is 0.326 e. The van der Waals surface area contributed by atoms with Crippen molar-refractivity contribution in [3.8, 4) is 6.07 Å². The first-order chi connectivity index (χ1) is 12.2. The zero-order chi connectivity index (χ0) is 19.7. The maximum Gasteiger partial charge on any atom is 0.326 e. The molecule has 0 fully saturated rings. The lowest BCUT2D eigenvalue weighted by Gasteiger charge is -2.22. The zero-order valence-electron chi connectivity index (χ0n) is 15.5. The van der Waals surface area contributed by atoms with Crippen LogP contribution in [0.4, 0.5) is 5.69 Å². The van der Waals surface area contributed by atoms with Crippen LogP contribution in [0.2, 0.25) is 0 Å². The number of amides is 1. The van der Waals surface area contributed by atoms with Crippen LogP contribution in [0.3, 0.4) is 0 Å². The summed E-state index contributed by atoms with van der Waals surface area (Å²) in [5.41, 5.74) is 1.54. The number of carboxylic acid groups (broad SMARTS) is 1. The van der Waals surface area contributed by atoms with Gasteiger partial charge in [0.1, 0.15) is 17.7 Å². The average Bonchev–Trinajstić information content (AvgIpc) is 2.58. The van der Waals surface area contributed by atoms with Gasteiger partial charge in [-0.25, -0.2) is 4.79 Å². The molecule has 0 spiro atoms. The summed E-state index contributed by atoms with van der Waals surface area (Å²) < 4.78 is 0. The van der Waals surface area contributed by atoms with E-state index in [2.05, 4.69) is 31.4 Å². The van der Waals surface area contributed by atoms with Gasteiger partial charge in [-0.2, -0.15) is 17.0 Å². The molecule has 1 rings (SSSR count). The van der Waals surface area contributed by atoms with Crippen molar-refractivity contribution in [2.24, 2.45) is 0 Å². The molecular formula is C19H25N3O3S. The summed E-state index contributed by atoms with van der Waals surface area (Å²) in [4.78, 5) is 23.5. The van der Waals surface area contributed by atoms with Crippen LogP contribution in [0.5, 0.6) is 0 Å². The van der Waals surface area contributed by atoms with Crippen molar-refractivity contribution in [3.63, 3.8) is 0 Å². The number of carbonyl (C=O) groups excluding carboxylic acids is 1. The van der Waals surface area contributed by atoms with Gasteiger partial charge in [0.05, 0.1) is 0 Å². The van der Waals surface area contributed by atoms with Gasteiger partial charge < -0.3 is 15.7 Å². The van der Waals surface area contributed by atoms with Gasteiger partial charge in [-0.05, 0) is 35.5 Å². The minimum Gasteiger partial charge on any atom is -0.480 e. The van der Waals surface area contributed by atoms with E-state index in [-0.39, 0.29) is 11.0 Å². The fourth-order valence-electron chi connectivity index (χ4n) is 2.29. The van der Waals surface area contributed by atoms with Gasteiger partial charge in [-0.1, -0.05) is 39.0 Å². The minimum atomic E-state index is -1.12. The number of carbonyl (C=O) groups is 2. The second kappa shape index (κ2) is 9.88. The topological polar surface area (TPSA) is 102 Å². The van der Waals surface area contributed by atoms with E-state index in [9.17, 15) is 20.0 Å². The van der Waals surface area contributed by atoms with Gasteiger partial charge in [0.15, 0.2) is 0 Å². The fourth-order valence-corrected chi connectivity index (χ4v) is 2.76. The number of hydrogen-bond acceptors (Lipinski definition) is 5. The second-order valence-corrected chi connectivity index (χ2v) is 7.74. The molecule has 1 aromatic rings. The molecule has 0 saturated heterocycles. The number of nitrogens with zero attached hydrogens (tertiary/aromatic N) is 1. The van der Waals surface area contributed by atoms with Gasteiger partial charge in [-0.3, -0.25) is 4.79 Å². The Labute approximate surface area is 158 Å². The van der Waals surface area contributed by atoms with Crippen molar-refractivity contribution in [2.75, 3.05) is 17.3 Å². The number of nitrogens with one attached hydrogen (secondary N) is 2. The molecule has 3 N–H and O–H groups in total. The standard InChI is InChI=1S/C19H25N3O3S/c1-19(2,3)14-7-5-6-8-15(14)21-12-13(11-20)17(23)22-16(18(24)25)9-10-26-4/h5-8,12,16,21H,9-10H2,1-4H3,(H,22,23)(H,24,25)/b13-12-. The van der Waals surface area contributed by atoms with Crippen LogP contribution in [-0.2, 0) is 15.0 Å². The summed E-state index contributed by atoms with van der Waals surface area (Å²) in [5.74, 6) is -1.22. The molecule has 0 aliphatic carbocycles. The van der Waals surface area contributed by atoms with Crippen LogP contribution in [0.15, 0.2) is 36.0 Å². The second-order valence-electron chi connectivity index (χ2n) is 6.76. The highest BCUT2D eigenvalue weighted by atomic mass is 32.2. The number of thioether (sulfide) groups is 1. The molecule has 0 radical (unpaired) electrons. The minimum absolute atomic E-state index is 0.112. The molecule has 0 saturated carbocycles. The van der Waals surface area contributed by atoms with E-state index >= 15 is 0 Å². The summed E-state index contributed by atoms with van der Waals surface area (Å²) in [6.45, 7) is 6.20. The third kappa shape index (κ3) is 6.45. The molecule has 1 amide bonds. The largest absolute Gasteiger partial charge is 0.480 e. The van der Waals surface area contributed by atoms with Gasteiger partial charge in [0.2, 0.25) is 0 Å². The highest BCUT2D eigenvalue weighted by Crippen LogP contribution is 2.29. The van der Waals surface area contributed by atoms with Crippen LogP contribution in [-0.4, -0.2) is 35.0 Å². The van der Waals surface area contributed by atoms with E-state index in [0.717, 1.165) is 11.3 Å². The molecule has 0 heterocycles. The Balaban J connectivity index is 2.94. The van der Waals surface area contributed by atoms with Crippen molar-refractivity contribution in [3.05, 3.63) is 41.6 Å². The molecule has 26 heavy (non-hydrogen) atoms. The van der Waals surface area contributed by atoms with E-state index in [0.29, 0.717) is 12.2 Å². The number of aliphatic carboxylic acids is 1. The van der Waals surface area contributed by atoms with Crippen LogP contribution in [0, 0.1) is 11.3 Å². The zero-order valence-corrected chi connectivity index (χ0v) is 16.3. The van der Waals surface area contributed by atoms with Crippen molar-refractivity contribution in [1.29, 1.82) is 5.26 Å². The maximum atomic E-state index is 12.2. The Bertz CT molecular complexity index is 717. The summed E-state index contributed by atoms with van der Waals surface area (Å²) in [7, 11) is 0. The van der Waals surface area contributed by atoms with Crippen LogP contribution >= 0.6 is 11.8 Å². The maximum absolute atomic E-state index is 12.2. The van der Waals surface area contributed by atoms with E-state index < -0.39 is 17.9 Å². The highest BCUT2D eigenvalue weighted by Gasteiger charge is 2.22. The molecule has 6 nitrogen and oxygen atoms in total. The van der Waals surface area contributed by atoms with E-state index in [1.165, 1.54) is 18.0 Å². The number of nitriles is 1. The SMILES string of the molecule is CSCCC(NC(=O)/C(C#N)=C\Nc1ccccc1C(C)(C)C)C(=O)O. The predicted octanol–water partition coefficient (Wildman–Crippen LogP) is 3.13. The summed E-state index contributed by atoms with van der Waals surface area (Å²) in [6, 6.07) is 8.43. The molecule has 1 unspecified atom stereocenters. The molecule has 140 valence electrons. The van der Waals surface area contributed by atoms with Crippen molar-refractivity contribution >= 4 is 29.3 Å². The average molecular weight is 375 g/mol. The lowest BCUT2D eigenvalue weighted by atomic mass is 9.86. The molecule has 0 aliphatic rings. The van der Waals surface area contributed by atoms with Gasteiger partial charge >= 0.3 is 5.97 Å². The lowest BCUT2D eigenvalue weighted by molar-refractivity contribution is -0.141. The third-order valence-corrected chi connectivity index (χ3v) is 4.33. The number of rotatable bonds is 8. The monoisotopic (exact) mass is 375 g/mol. The molecular weight excluding hydrogens is 350 g/mol. The summed E-state index contributed by atoms with van der Waals surface area (Å²) >= 11 is 1.49. The van der Waals surface area contributed by atoms with E-state index in [1.54, 1.807) is 0 Å². The quantitative estimate of drug-likeness (QED) is 0.476.